The van der Waals surface area contributed by atoms with Crippen LogP contribution >= 0.6 is 35.3 Å². The van der Waals surface area contributed by atoms with Crippen LogP contribution in [0.25, 0.3) is 0 Å². The lowest BCUT2D eigenvalue weighted by Gasteiger charge is -2.14. The zero-order valence-electron chi connectivity index (χ0n) is 14.9. The molecule has 1 heterocycles. The Kier molecular flexibility index (Phi) is 10.3. The van der Waals surface area contributed by atoms with Crippen LogP contribution in [0.15, 0.2) is 40.7 Å². The summed E-state index contributed by atoms with van der Waals surface area (Å²) < 4.78 is 10.9. The molecule has 2 aromatic rings. The number of nitrogens with one attached hydrogen (secondary N) is 2. The van der Waals surface area contributed by atoms with Crippen molar-refractivity contribution in [3.05, 3.63) is 40.6 Å². The molecule has 2 N–H and O–H groups in total. The smallest absolute Gasteiger partial charge is 0.195 e. The number of anilines is 1. The van der Waals surface area contributed by atoms with Gasteiger partial charge in [-0.25, -0.2) is 0 Å². The van der Waals surface area contributed by atoms with Gasteiger partial charge >= 0.3 is 0 Å². The number of thiophene rings is 1. The molecule has 0 fully saturated rings. The van der Waals surface area contributed by atoms with Crippen molar-refractivity contribution < 1.29 is 9.47 Å². The highest BCUT2D eigenvalue weighted by Gasteiger charge is 2.07. The van der Waals surface area contributed by atoms with Crippen molar-refractivity contribution in [1.29, 1.82) is 0 Å². The Balaban J connectivity index is 0.00000312. The molecule has 0 aliphatic heterocycles. The zero-order chi connectivity index (χ0) is 17.2. The quantitative estimate of drug-likeness (QED) is 0.338. The first-order chi connectivity index (χ1) is 11.8. The van der Waals surface area contributed by atoms with Gasteiger partial charge in [-0.2, -0.15) is 0 Å². The molecule has 0 radical (unpaired) electrons. The van der Waals surface area contributed by atoms with E-state index in [0.717, 1.165) is 42.7 Å². The fourth-order valence-electron chi connectivity index (χ4n) is 2.20. The Bertz CT molecular complexity index is 648. The average Bonchev–Trinajstić information content (AvgIpc) is 3.09. The van der Waals surface area contributed by atoms with E-state index in [-0.39, 0.29) is 24.0 Å². The molecule has 0 aliphatic carbocycles. The third-order valence-electron chi connectivity index (χ3n) is 3.28. The lowest BCUT2D eigenvalue weighted by atomic mass is 10.2. The number of aliphatic imine (C=N–C) groups is 1. The minimum absolute atomic E-state index is 0. The van der Waals surface area contributed by atoms with Gasteiger partial charge in [-0.15, -0.1) is 35.3 Å². The molecule has 25 heavy (non-hydrogen) atoms. The molecule has 0 spiro atoms. The lowest BCUT2D eigenvalue weighted by Crippen LogP contribution is -2.30. The third-order valence-corrected chi connectivity index (χ3v) is 4.21. The maximum atomic E-state index is 5.62. The summed E-state index contributed by atoms with van der Waals surface area (Å²) in [5.74, 6) is 2.21. The normalized spacial score (nSPS) is 10.8. The highest BCUT2D eigenvalue weighted by molar-refractivity contribution is 14.0. The monoisotopic (exact) mass is 475 g/mol. The van der Waals surface area contributed by atoms with Crippen molar-refractivity contribution in [2.75, 3.05) is 32.1 Å². The SMILES string of the molecule is CCNC(=NCCc1cccs1)Nc1ccc(OC)c(OCC)c1.I. The maximum absolute atomic E-state index is 5.62. The molecule has 0 atom stereocenters. The first-order valence-corrected chi connectivity index (χ1v) is 9.03. The summed E-state index contributed by atoms with van der Waals surface area (Å²) in [4.78, 5) is 5.98. The topological polar surface area (TPSA) is 54.9 Å². The largest absolute Gasteiger partial charge is 0.493 e. The van der Waals surface area contributed by atoms with E-state index in [0.29, 0.717) is 6.61 Å². The van der Waals surface area contributed by atoms with Crippen molar-refractivity contribution in [3.63, 3.8) is 0 Å². The van der Waals surface area contributed by atoms with E-state index in [4.69, 9.17) is 9.47 Å². The van der Waals surface area contributed by atoms with E-state index < -0.39 is 0 Å². The Hall–Kier alpha value is -1.48. The van der Waals surface area contributed by atoms with Gasteiger partial charge in [0.1, 0.15) is 0 Å². The van der Waals surface area contributed by atoms with E-state index in [1.807, 2.05) is 25.1 Å². The van der Waals surface area contributed by atoms with E-state index in [1.54, 1.807) is 18.4 Å². The number of guanidine groups is 1. The second-order valence-electron chi connectivity index (χ2n) is 5.01. The van der Waals surface area contributed by atoms with E-state index >= 15 is 0 Å². The molecule has 138 valence electrons. The summed E-state index contributed by atoms with van der Waals surface area (Å²) in [7, 11) is 1.64. The van der Waals surface area contributed by atoms with Gasteiger partial charge in [0.25, 0.3) is 0 Å². The summed E-state index contributed by atoms with van der Waals surface area (Å²) in [5, 5.41) is 8.67. The van der Waals surface area contributed by atoms with Crippen LogP contribution in [0.1, 0.15) is 18.7 Å². The second-order valence-corrected chi connectivity index (χ2v) is 6.05. The number of hydrogen-bond acceptors (Lipinski definition) is 4. The van der Waals surface area contributed by atoms with Crippen LogP contribution in [0, 0.1) is 0 Å². The second kappa shape index (κ2) is 12.0. The standard InChI is InChI=1S/C18H25N3O2S.HI/c1-4-19-18(20-11-10-15-7-6-12-24-15)21-14-8-9-16(22-3)17(13-14)23-5-2;/h6-9,12-13H,4-5,10-11H2,1-3H3,(H2,19,20,21);1H. The van der Waals surface area contributed by atoms with Crippen LogP contribution in [-0.4, -0.2) is 32.8 Å². The predicted molar refractivity (Wildman–Crippen MR) is 117 cm³/mol. The first-order valence-electron chi connectivity index (χ1n) is 8.15. The van der Waals surface area contributed by atoms with Gasteiger partial charge in [-0.05, 0) is 37.4 Å². The van der Waals surface area contributed by atoms with Crippen molar-refractivity contribution in [2.45, 2.75) is 20.3 Å². The number of nitrogens with zero attached hydrogens (tertiary/aromatic N) is 1. The van der Waals surface area contributed by atoms with Gasteiger partial charge in [-0.1, -0.05) is 6.07 Å². The van der Waals surface area contributed by atoms with Crippen LogP contribution in [-0.2, 0) is 6.42 Å². The Labute approximate surface area is 170 Å². The molecule has 0 bridgehead atoms. The van der Waals surface area contributed by atoms with Crippen LogP contribution in [0.5, 0.6) is 11.5 Å². The number of hydrogen-bond donors (Lipinski definition) is 2. The number of halogens is 1. The zero-order valence-corrected chi connectivity index (χ0v) is 18.0. The molecule has 0 saturated heterocycles. The van der Waals surface area contributed by atoms with Crippen LogP contribution < -0.4 is 20.1 Å². The van der Waals surface area contributed by atoms with Gasteiger partial charge in [0, 0.05) is 36.1 Å². The van der Waals surface area contributed by atoms with Gasteiger partial charge in [-0.3, -0.25) is 4.99 Å². The number of ether oxygens (including phenoxy) is 2. The first kappa shape index (κ1) is 21.6. The molecule has 0 unspecified atom stereocenters. The van der Waals surface area contributed by atoms with Gasteiger partial charge in [0.15, 0.2) is 17.5 Å². The summed E-state index contributed by atoms with van der Waals surface area (Å²) in [6.07, 6.45) is 0.945. The number of rotatable bonds is 8. The molecule has 0 aliphatic rings. The summed E-state index contributed by atoms with van der Waals surface area (Å²) in [6, 6.07) is 9.97. The molecular weight excluding hydrogens is 449 g/mol. The molecule has 5 nitrogen and oxygen atoms in total. The molecule has 0 amide bonds. The van der Waals surface area contributed by atoms with E-state index in [2.05, 4.69) is 40.1 Å². The molecule has 7 heteroatoms. The number of benzene rings is 1. The summed E-state index contributed by atoms with van der Waals surface area (Å²) in [5.41, 5.74) is 0.912. The fraction of sp³-hybridized carbons (Fsp3) is 0.389. The molecule has 1 aromatic carbocycles. The Morgan fingerprint density at radius 3 is 2.68 bits per heavy atom. The number of methoxy groups -OCH3 is 1. The van der Waals surface area contributed by atoms with Gasteiger partial charge in [0.2, 0.25) is 0 Å². The van der Waals surface area contributed by atoms with Crippen molar-refractivity contribution in [2.24, 2.45) is 4.99 Å². The average molecular weight is 475 g/mol. The molecule has 2 rings (SSSR count). The van der Waals surface area contributed by atoms with Crippen molar-refractivity contribution >= 4 is 47.0 Å². The van der Waals surface area contributed by atoms with Gasteiger partial charge in [0.05, 0.1) is 13.7 Å². The van der Waals surface area contributed by atoms with Crippen molar-refractivity contribution in [3.8, 4) is 11.5 Å². The maximum Gasteiger partial charge on any atom is 0.195 e. The minimum atomic E-state index is 0. The molecule has 0 saturated carbocycles. The molecule has 1 aromatic heterocycles. The minimum Gasteiger partial charge on any atom is -0.493 e. The highest BCUT2D eigenvalue weighted by Crippen LogP contribution is 2.30. The van der Waals surface area contributed by atoms with Crippen molar-refractivity contribution in [1.82, 2.24) is 5.32 Å². The highest BCUT2D eigenvalue weighted by atomic mass is 127. The predicted octanol–water partition coefficient (Wildman–Crippen LogP) is 4.39. The van der Waals surface area contributed by atoms with E-state index in [9.17, 15) is 0 Å². The van der Waals surface area contributed by atoms with Gasteiger partial charge < -0.3 is 20.1 Å². The summed E-state index contributed by atoms with van der Waals surface area (Å²) >= 11 is 1.76. The summed E-state index contributed by atoms with van der Waals surface area (Å²) in [6.45, 7) is 6.14. The van der Waals surface area contributed by atoms with Crippen LogP contribution in [0.3, 0.4) is 0 Å². The van der Waals surface area contributed by atoms with Crippen LogP contribution in [0.2, 0.25) is 0 Å². The Morgan fingerprint density at radius 2 is 2.04 bits per heavy atom. The fourth-order valence-corrected chi connectivity index (χ4v) is 2.90. The Morgan fingerprint density at radius 1 is 1.20 bits per heavy atom. The third kappa shape index (κ3) is 7.11. The van der Waals surface area contributed by atoms with E-state index in [1.165, 1.54) is 4.88 Å². The lowest BCUT2D eigenvalue weighted by molar-refractivity contribution is 0.311. The molecular formula is C18H26IN3O2S. The van der Waals surface area contributed by atoms with Crippen LogP contribution in [0.4, 0.5) is 5.69 Å².